The van der Waals surface area contributed by atoms with Crippen LogP contribution in [-0.2, 0) is 4.79 Å². The van der Waals surface area contributed by atoms with Crippen LogP contribution in [0.15, 0.2) is 46.9 Å². The maximum Gasteiger partial charge on any atom is 0.248 e. The number of carbonyl (C=O) groups is 1. The van der Waals surface area contributed by atoms with Gasteiger partial charge in [-0.05, 0) is 36.8 Å². The van der Waals surface area contributed by atoms with E-state index >= 15 is 0 Å². The van der Waals surface area contributed by atoms with Gasteiger partial charge in [0.25, 0.3) is 0 Å². The van der Waals surface area contributed by atoms with Crippen molar-refractivity contribution in [2.45, 2.75) is 6.92 Å². The van der Waals surface area contributed by atoms with Crippen LogP contribution in [0.25, 0.3) is 6.08 Å². The number of benzene rings is 2. The van der Waals surface area contributed by atoms with Gasteiger partial charge >= 0.3 is 0 Å². The van der Waals surface area contributed by atoms with Crippen LogP contribution < -0.4 is 14.8 Å². The fourth-order valence-electron chi connectivity index (χ4n) is 2.17. The van der Waals surface area contributed by atoms with Gasteiger partial charge in [0.05, 0.1) is 0 Å². The molecule has 0 fully saturated rings. The van der Waals surface area contributed by atoms with Crippen molar-refractivity contribution >= 4 is 33.6 Å². The number of rotatable bonds is 3. The van der Waals surface area contributed by atoms with E-state index in [1.165, 1.54) is 6.08 Å². The molecular formula is C17H14BrNO3. The minimum atomic E-state index is -0.197. The molecule has 0 aromatic heterocycles. The molecule has 0 radical (unpaired) electrons. The Balaban J connectivity index is 1.79. The highest BCUT2D eigenvalue weighted by molar-refractivity contribution is 9.10. The zero-order valence-electron chi connectivity index (χ0n) is 11.9. The first-order valence-electron chi connectivity index (χ1n) is 6.78. The van der Waals surface area contributed by atoms with E-state index in [2.05, 4.69) is 21.2 Å². The number of ether oxygens (including phenoxy) is 2. The molecule has 22 heavy (non-hydrogen) atoms. The molecule has 4 nitrogen and oxygen atoms in total. The van der Waals surface area contributed by atoms with Gasteiger partial charge in [0.15, 0.2) is 11.5 Å². The highest BCUT2D eigenvalue weighted by Crippen LogP contribution is 2.40. The number of fused-ring (bicyclic) bond motifs is 1. The number of aryl methyl sites for hydroxylation is 1. The summed E-state index contributed by atoms with van der Waals surface area (Å²) < 4.78 is 11.6. The van der Waals surface area contributed by atoms with Gasteiger partial charge in [0.1, 0.15) is 0 Å². The molecule has 5 heteroatoms. The third kappa shape index (κ3) is 2.99. The van der Waals surface area contributed by atoms with Crippen LogP contribution in [0.5, 0.6) is 11.5 Å². The molecule has 0 saturated carbocycles. The molecule has 0 unspecified atom stereocenters. The summed E-state index contributed by atoms with van der Waals surface area (Å²) in [6, 6.07) is 11.3. The summed E-state index contributed by atoms with van der Waals surface area (Å²) in [5.74, 6) is 1.13. The number of hydrogen-bond acceptors (Lipinski definition) is 3. The van der Waals surface area contributed by atoms with Gasteiger partial charge in [0, 0.05) is 21.8 Å². The topological polar surface area (TPSA) is 47.6 Å². The van der Waals surface area contributed by atoms with E-state index in [9.17, 15) is 4.79 Å². The minimum Gasteiger partial charge on any atom is -0.454 e. The highest BCUT2D eigenvalue weighted by Gasteiger charge is 2.18. The van der Waals surface area contributed by atoms with E-state index in [1.807, 2.05) is 43.3 Å². The van der Waals surface area contributed by atoms with Crippen molar-refractivity contribution in [2.24, 2.45) is 0 Å². The van der Waals surface area contributed by atoms with E-state index in [-0.39, 0.29) is 12.7 Å². The second-order valence-corrected chi connectivity index (χ2v) is 5.69. The summed E-state index contributed by atoms with van der Waals surface area (Å²) in [5.41, 5.74) is 2.60. The standard InChI is InChI=1S/C17H14BrNO3/c1-11-4-2-3-5-14(11)19-16(20)9-6-12-13(18)7-8-15-17(12)22-10-21-15/h2-9H,10H2,1H3,(H,19,20)/b9-6+. The van der Waals surface area contributed by atoms with Crippen LogP contribution in [0.1, 0.15) is 11.1 Å². The lowest BCUT2D eigenvalue weighted by molar-refractivity contribution is -0.111. The van der Waals surface area contributed by atoms with Crippen LogP contribution in [0.2, 0.25) is 0 Å². The van der Waals surface area contributed by atoms with Gasteiger partial charge in [-0.1, -0.05) is 34.1 Å². The third-order valence-electron chi connectivity index (χ3n) is 3.33. The Kier molecular flexibility index (Phi) is 4.15. The molecule has 1 N–H and O–H groups in total. The Morgan fingerprint density at radius 2 is 2.05 bits per heavy atom. The molecule has 0 saturated heterocycles. The van der Waals surface area contributed by atoms with Crippen molar-refractivity contribution in [1.29, 1.82) is 0 Å². The third-order valence-corrected chi connectivity index (χ3v) is 4.02. The number of hydrogen-bond donors (Lipinski definition) is 1. The smallest absolute Gasteiger partial charge is 0.248 e. The van der Waals surface area contributed by atoms with Crippen molar-refractivity contribution in [1.82, 2.24) is 0 Å². The molecule has 2 aromatic carbocycles. The Hall–Kier alpha value is -2.27. The molecule has 0 spiro atoms. The summed E-state index contributed by atoms with van der Waals surface area (Å²) in [4.78, 5) is 12.1. The average molecular weight is 360 g/mol. The molecule has 1 aliphatic heterocycles. The largest absolute Gasteiger partial charge is 0.454 e. The van der Waals surface area contributed by atoms with Gasteiger partial charge in [-0.25, -0.2) is 0 Å². The van der Waals surface area contributed by atoms with Crippen molar-refractivity contribution < 1.29 is 14.3 Å². The SMILES string of the molecule is Cc1ccccc1NC(=O)/C=C/c1c(Br)ccc2c1OCO2. The zero-order chi connectivity index (χ0) is 15.5. The summed E-state index contributed by atoms with van der Waals surface area (Å²) >= 11 is 3.46. The first-order chi connectivity index (χ1) is 10.6. The molecule has 2 aromatic rings. The second-order valence-electron chi connectivity index (χ2n) is 4.83. The number of nitrogens with one attached hydrogen (secondary N) is 1. The minimum absolute atomic E-state index is 0.196. The maximum atomic E-state index is 12.1. The maximum absolute atomic E-state index is 12.1. The quantitative estimate of drug-likeness (QED) is 0.837. The number of carbonyl (C=O) groups excluding carboxylic acids is 1. The lowest BCUT2D eigenvalue weighted by Crippen LogP contribution is -2.08. The number of amides is 1. The van der Waals surface area contributed by atoms with E-state index in [4.69, 9.17) is 9.47 Å². The molecule has 1 heterocycles. The average Bonchev–Trinajstić information content (AvgIpc) is 2.97. The summed E-state index contributed by atoms with van der Waals surface area (Å²) in [7, 11) is 0. The van der Waals surface area contributed by atoms with Crippen molar-refractivity contribution in [3.05, 3.63) is 58.1 Å². The van der Waals surface area contributed by atoms with Crippen LogP contribution in [0.4, 0.5) is 5.69 Å². The van der Waals surface area contributed by atoms with E-state index < -0.39 is 0 Å². The summed E-state index contributed by atoms with van der Waals surface area (Å²) in [6.45, 7) is 2.15. The van der Waals surface area contributed by atoms with E-state index in [0.717, 1.165) is 21.3 Å². The molecular weight excluding hydrogens is 346 g/mol. The molecule has 3 rings (SSSR count). The Labute approximate surface area is 136 Å². The summed E-state index contributed by atoms with van der Waals surface area (Å²) in [6.07, 6.45) is 3.19. The van der Waals surface area contributed by atoms with Gasteiger partial charge in [-0.3, -0.25) is 4.79 Å². The highest BCUT2D eigenvalue weighted by atomic mass is 79.9. The Morgan fingerprint density at radius 3 is 2.86 bits per heavy atom. The normalized spacial score (nSPS) is 12.6. The van der Waals surface area contributed by atoms with Crippen molar-refractivity contribution in [3.8, 4) is 11.5 Å². The Morgan fingerprint density at radius 1 is 1.23 bits per heavy atom. The van der Waals surface area contributed by atoms with Crippen LogP contribution in [0, 0.1) is 6.92 Å². The molecule has 1 amide bonds. The fourth-order valence-corrected chi connectivity index (χ4v) is 2.62. The molecule has 0 bridgehead atoms. The monoisotopic (exact) mass is 359 g/mol. The lowest BCUT2D eigenvalue weighted by Gasteiger charge is -2.06. The van der Waals surface area contributed by atoms with Crippen LogP contribution in [0.3, 0.4) is 0 Å². The van der Waals surface area contributed by atoms with Crippen LogP contribution >= 0.6 is 15.9 Å². The second kappa shape index (κ2) is 6.23. The van der Waals surface area contributed by atoms with Gasteiger partial charge in [-0.2, -0.15) is 0 Å². The van der Waals surface area contributed by atoms with E-state index in [1.54, 1.807) is 6.08 Å². The Bertz CT molecular complexity index is 756. The first-order valence-corrected chi connectivity index (χ1v) is 7.57. The zero-order valence-corrected chi connectivity index (χ0v) is 13.5. The molecule has 112 valence electrons. The van der Waals surface area contributed by atoms with Gasteiger partial charge < -0.3 is 14.8 Å². The molecule has 1 aliphatic rings. The number of para-hydroxylation sites is 1. The number of anilines is 1. The molecule has 0 aliphatic carbocycles. The predicted octanol–water partition coefficient (Wildman–Crippen LogP) is 4.14. The molecule has 0 atom stereocenters. The van der Waals surface area contributed by atoms with Gasteiger partial charge in [-0.15, -0.1) is 0 Å². The lowest BCUT2D eigenvalue weighted by atomic mass is 10.1. The van der Waals surface area contributed by atoms with Crippen molar-refractivity contribution in [2.75, 3.05) is 12.1 Å². The fraction of sp³-hybridized carbons (Fsp3) is 0.118. The predicted molar refractivity (Wildman–Crippen MR) is 89.1 cm³/mol. The van der Waals surface area contributed by atoms with E-state index in [0.29, 0.717) is 11.5 Å². The van der Waals surface area contributed by atoms with Crippen molar-refractivity contribution in [3.63, 3.8) is 0 Å². The first kappa shape index (κ1) is 14.7. The van der Waals surface area contributed by atoms with Crippen LogP contribution in [-0.4, -0.2) is 12.7 Å². The van der Waals surface area contributed by atoms with Gasteiger partial charge in [0.2, 0.25) is 12.7 Å². The summed E-state index contributed by atoms with van der Waals surface area (Å²) in [5, 5.41) is 2.85. The number of halogens is 1.